The van der Waals surface area contributed by atoms with Gasteiger partial charge in [-0.05, 0) is 13.5 Å². The second kappa shape index (κ2) is 5.30. The number of aromatic nitrogens is 1. The van der Waals surface area contributed by atoms with E-state index in [1.807, 2.05) is 0 Å². The Labute approximate surface area is 106 Å². The van der Waals surface area contributed by atoms with Crippen LogP contribution in [0.3, 0.4) is 0 Å². The van der Waals surface area contributed by atoms with Crippen molar-refractivity contribution in [2.75, 3.05) is 32.7 Å². The number of carbonyl (C=O) groups excluding carboxylic acids is 2. The molecule has 0 atom stereocenters. The molecule has 1 aliphatic heterocycles. The molecule has 0 radical (unpaired) electrons. The van der Waals surface area contributed by atoms with Crippen molar-refractivity contribution in [3.05, 3.63) is 17.0 Å². The van der Waals surface area contributed by atoms with Crippen LogP contribution in [0.15, 0.2) is 4.52 Å². The molecule has 1 aromatic rings. The summed E-state index contributed by atoms with van der Waals surface area (Å²) >= 11 is 0. The van der Waals surface area contributed by atoms with Gasteiger partial charge in [0.15, 0.2) is 6.29 Å². The Bertz CT molecular complexity index is 447. The molecule has 1 aromatic heterocycles. The van der Waals surface area contributed by atoms with Gasteiger partial charge in [-0.15, -0.1) is 0 Å². The first-order valence-electron chi connectivity index (χ1n) is 6.10. The van der Waals surface area contributed by atoms with Crippen LogP contribution in [-0.4, -0.2) is 59.9 Å². The normalized spacial score (nSPS) is 16.9. The first-order chi connectivity index (χ1) is 8.67. The van der Waals surface area contributed by atoms with Gasteiger partial charge >= 0.3 is 0 Å². The Morgan fingerprint density at radius 1 is 1.39 bits per heavy atom. The van der Waals surface area contributed by atoms with E-state index >= 15 is 0 Å². The number of piperazine rings is 1. The second-order valence-corrected chi connectivity index (χ2v) is 4.36. The zero-order valence-corrected chi connectivity index (χ0v) is 10.7. The lowest BCUT2D eigenvalue weighted by atomic mass is 10.2. The predicted molar refractivity (Wildman–Crippen MR) is 64.6 cm³/mol. The third-order valence-corrected chi connectivity index (χ3v) is 3.33. The predicted octanol–water partition coefficient (Wildman–Crippen LogP) is 0.573. The maximum atomic E-state index is 12.2. The highest BCUT2D eigenvalue weighted by atomic mass is 16.5. The highest BCUT2D eigenvalue weighted by Crippen LogP contribution is 2.15. The molecule has 0 aromatic carbocycles. The van der Waals surface area contributed by atoms with Gasteiger partial charge in [0.25, 0.3) is 5.91 Å². The van der Waals surface area contributed by atoms with Gasteiger partial charge in [-0.25, -0.2) is 0 Å². The molecule has 1 fully saturated rings. The van der Waals surface area contributed by atoms with Crippen LogP contribution in [-0.2, 0) is 0 Å². The van der Waals surface area contributed by atoms with Gasteiger partial charge in [0.2, 0.25) is 5.76 Å². The summed E-state index contributed by atoms with van der Waals surface area (Å²) in [5.74, 6) is -0.180. The van der Waals surface area contributed by atoms with Crippen molar-refractivity contribution in [2.24, 2.45) is 0 Å². The van der Waals surface area contributed by atoms with E-state index in [1.54, 1.807) is 11.8 Å². The number of hydrogen-bond donors (Lipinski definition) is 0. The van der Waals surface area contributed by atoms with Gasteiger partial charge in [-0.2, -0.15) is 0 Å². The second-order valence-electron chi connectivity index (χ2n) is 4.36. The van der Waals surface area contributed by atoms with E-state index in [2.05, 4.69) is 17.0 Å². The molecule has 0 N–H and O–H groups in total. The van der Waals surface area contributed by atoms with Crippen LogP contribution in [0.2, 0.25) is 0 Å². The third-order valence-electron chi connectivity index (χ3n) is 3.33. The number of aryl methyl sites for hydroxylation is 1. The molecule has 2 heterocycles. The van der Waals surface area contributed by atoms with Crippen molar-refractivity contribution in [3.8, 4) is 0 Å². The van der Waals surface area contributed by atoms with Gasteiger partial charge in [-0.1, -0.05) is 12.1 Å². The van der Waals surface area contributed by atoms with E-state index in [4.69, 9.17) is 4.52 Å². The number of rotatable bonds is 3. The van der Waals surface area contributed by atoms with E-state index in [1.165, 1.54) is 0 Å². The molecule has 18 heavy (non-hydrogen) atoms. The fourth-order valence-electron chi connectivity index (χ4n) is 2.08. The molecule has 0 unspecified atom stereocenters. The van der Waals surface area contributed by atoms with E-state index in [-0.39, 0.29) is 17.2 Å². The number of carbonyl (C=O) groups is 2. The summed E-state index contributed by atoms with van der Waals surface area (Å²) in [4.78, 5) is 27.1. The molecular weight excluding hydrogens is 234 g/mol. The zero-order chi connectivity index (χ0) is 13.1. The van der Waals surface area contributed by atoms with Gasteiger partial charge in [0.05, 0.1) is 11.3 Å². The Kier molecular flexibility index (Phi) is 3.76. The monoisotopic (exact) mass is 251 g/mol. The molecule has 0 saturated carbocycles. The molecule has 6 heteroatoms. The first kappa shape index (κ1) is 12.8. The Balaban J connectivity index is 2.10. The van der Waals surface area contributed by atoms with E-state index in [0.29, 0.717) is 25.1 Å². The Morgan fingerprint density at radius 3 is 2.61 bits per heavy atom. The summed E-state index contributed by atoms with van der Waals surface area (Å²) in [5.41, 5.74) is 0.721. The van der Waals surface area contributed by atoms with Gasteiger partial charge in [0, 0.05) is 26.2 Å². The summed E-state index contributed by atoms with van der Waals surface area (Å²) in [6, 6.07) is 0. The Hall–Kier alpha value is -1.69. The zero-order valence-electron chi connectivity index (χ0n) is 10.7. The third kappa shape index (κ3) is 2.28. The highest BCUT2D eigenvalue weighted by molar-refractivity contribution is 5.99. The number of likely N-dealkylation sites (N-methyl/N-ethyl adjacent to an activating group) is 1. The summed E-state index contributed by atoms with van der Waals surface area (Å²) < 4.78 is 4.97. The van der Waals surface area contributed by atoms with Crippen LogP contribution in [0, 0.1) is 6.92 Å². The van der Waals surface area contributed by atoms with Crippen LogP contribution in [0.25, 0.3) is 0 Å². The lowest BCUT2D eigenvalue weighted by Gasteiger charge is -2.33. The van der Waals surface area contributed by atoms with Crippen molar-refractivity contribution >= 4 is 12.2 Å². The molecule has 0 aliphatic carbocycles. The number of aldehydes is 1. The molecule has 1 amide bonds. The lowest BCUT2D eigenvalue weighted by Crippen LogP contribution is -2.48. The molecule has 98 valence electrons. The number of hydrogen-bond acceptors (Lipinski definition) is 5. The van der Waals surface area contributed by atoms with E-state index < -0.39 is 0 Å². The minimum absolute atomic E-state index is 0.0625. The molecule has 1 saturated heterocycles. The van der Waals surface area contributed by atoms with Crippen LogP contribution in [0.4, 0.5) is 0 Å². The topological polar surface area (TPSA) is 66.7 Å². The summed E-state index contributed by atoms with van der Waals surface area (Å²) in [7, 11) is 0. The Morgan fingerprint density at radius 2 is 2.06 bits per heavy atom. The van der Waals surface area contributed by atoms with Crippen LogP contribution >= 0.6 is 0 Å². The van der Waals surface area contributed by atoms with Gasteiger partial charge in [0.1, 0.15) is 0 Å². The van der Waals surface area contributed by atoms with Crippen molar-refractivity contribution in [1.29, 1.82) is 0 Å². The van der Waals surface area contributed by atoms with E-state index in [0.717, 1.165) is 19.6 Å². The average Bonchev–Trinajstić information content (AvgIpc) is 2.79. The van der Waals surface area contributed by atoms with Crippen molar-refractivity contribution < 1.29 is 14.1 Å². The molecule has 0 bridgehead atoms. The quantitative estimate of drug-likeness (QED) is 0.735. The summed E-state index contributed by atoms with van der Waals surface area (Å²) in [5, 5.41) is 3.67. The van der Waals surface area contributed by atoms with Crippen LogP contribution < -0.4 is 0 Å². The van der Waals surface area contributed by atoms with Crippen LogP contribution in [0.1, 0.15) is 33.5 Å². The molecular formula is C12H17N3O3. The summed E-state index contributed by atoms with van der Waals surface area (Å²) in [6.07, 6.45) is 0.626. The fraction of sp³-hybridized carbons (Fsp3) is 0.583. The highest BCUT2D eigenvalue weighted by Gasteiger charge is 2.27. The molecule has 1 aliphatic rings. The van der Waals surface area contributed by atoms with Crippen molar-refractivity contribution in [3.63, 3.8) is 0 Å². The van der Waals surface area contributed by atoms with Crippen molar-refractivity contribution in [1.82, 2.24) is 15.0 Å². The summed E-state index contributed by atoms with van der Waals surface area (Å²) in [6.45, 7) is 7.76. The average molecular weight is 251 g/mol. The smallest absolute Gasteiger partial charge is 0.293 e. The maximum absolute atomic E-state index is 12.2. The molecule has 2 rings (SSSR count). The maximum Gasteiger partial charge on any atom is 0.293 e. The SMILES string of the molecule is CCN1CCN(C(=O)c2onc(C)c2C=O)CC1. The van der Waals surface area contributed by atoms with Gasteiger partial charge < -0.3 is 14.3 Å². The molecule has 6 nitrogen and oxygen atoms in total. The fourth-order valence-corrected chi connectivity index (χ4v) is 2.08. The largest absolute Gasteiger partial charge is 0.350 e. The molecule has 0 spiro atoms. The van der Waals surface area contributed by atoms with Gasteiger partial charge in [-0.3, -0.25) is 9.59 Å². The standard InChI is InChI=1S/C12H17N3O3/c1-3-14-4-6-15(7-5-14)12(17)11-10(8-16)9(2)13-18-11/h8H,3-7H2,1-2H3. The van der Waals surface area contributed by atoms with Crippen LogP contribution in [0.5, 0.6) is 0 Å². The van der Waals surface area contributed by atoms with Crippen molar-refractivity contribution in [2.45, 2.75) is 13.8 Å². The number of amides is 1. The lowest BCUT2D eigenvalue weighted by molar-refractivity contribution is 0.0600. The minimum atomic E-state index is -0.242. The number of nitrogens with zero attached hydrogens (tertiary/aromatic N) is 3. The van der Waals surface area contributed by atoms with E-state index in [9.17, 15) is 9.59 Å². The minimum Gasteiger partial charge on any atom is -0.350 e. The first-order valence-corrected chi connectivity index (χ1v) is 6.10.